The van der Waals surface area contributed by atoms with Crippen molar-refractivity contribution in [3.8, 4) is 5.75 Å². The van der Waals surface area contributed by atoms with Crippen molar-refractivity contribution in [3.63, 3.8) is 0 Å². The van der Waals surface area contributed by atoms with Gasteiger partial charge in [0.05, 0.1) is 0 Å². The van der Waals surface area contributed by atoms with Crippen LogP contribution < -0.4 is 4.74 Å². The lowest BCUT2D eigenvalue weighted by Gasteiger charge is -2.16. The Morgan fingerprint density at radius 1 is 1.19 bits per heavy atom. The summed E-state index contributed by atoms with van der Waals surface area (Å²) < 4.78 is 19.2. The Morgan fingerprint density at radius 2 is 1.95 bits per heavy atom. The maximum atomic E-state index is 13.4. The lowest BCUT2D eigenvalue weighted by atomic mass is 9.95. The van der Waals surface area contributed by atoms with Crippen LogP contribution in [0, 0.1) is 12.7 Å². The van der Waals surface area contributed by atoms with Crippen LogP contribution in [0.2, 0.25) is 0 Å². The van der Waals surface area contributed by atoms with Crippen LogP contribution in [0.15, 0.2) is 36.4 Å². The number of hydrogen-bond donors (Lipinski definition) is 0. The molecule has 2 nitrogen and oxygen atoms in total. The van der Waals surface area contributed by atoms with Gasteiger partial charge in [0.2, 0.25) is 0 Å². The van der Waals surface area contributed by atoms with Crippen LogP contribution in [-0.4, -0.2) is 11.4 Å². The number of halogens is 1. The molecule has 0 saturated carbocycles. The zero-order valence-electron chi connectivity index (χ0n) is 12.4. The summed E-state index contributed by atoms with van der Waals surface area (Å²) >= 11 is 0. The van der Waals surface area contributed by atoms with E-state index in [4.69, 9.17) is 4.74 Å². The summed E-state index contributed by atoms with van der Waals surface area (Å²) in [4.78, 5) is 12.6. The van der Waals surface area contributed by atoms with Gasteiger partial charge in [-0.15, -0.1) is 0 Å². The molecular formula is C18H17FO2. The monoisotopic (exact) mass is 284 g/mol. The molecule has 3 heteroatoms. The first kappa shape index (κ1) is 13.8. The van der Waals surface area contributed by atoms with Gasteiger partial charge in [0, 0.05) is 17.5 Å². The van der Waals surface area contributed by atoms with Gasteiger partial charge in [-0.2, -0.15) is 0 Å². The molecule has 1 aliphatic heterocycles. The van der Waals surface area contributed by atoms with Crippen molar-refractivity contribution in [2.24, 2.45) is 0 Å². The van der Waals surface area contributed by atoms with E-state index in [0.717, 1.165) is 23.3 Å². The fourth-order valence-corrected chi connectivity index (χ4v) is 2.75. The summed E-state index contributed by atoms with van der Waals surface area (Å²) in [5.74, 6) is 0.279. The third-order valence-electron chi connectivity index (χ3n) is 3.77. The zero-order valence-corrected chi connectivity index (χ0v) is 12.4. The van der Waals surface area contributed by atoms with E-state index in [-0.39, 0.29) is 11.4 Å². The fraction of sp³-hybridized carbons (Fsp3) is 0.278. The fourth-order valence-electron chi connectivity index (χ4n) is 2.75. The van der Waals surface area contributed by atoms with Gasteiger partial charge in [-0.1, -0.05) is 6.07 Å². The Kier molecular flexibility index (Phi) is 3.08. The molecule has 0 spiro atoms. The molecule has 0 amide bonds. The largest absolute Gasteiger partial charge is 0.487 e. The van der Waals surface area contributed by atoms with E-state index in [2.05, 4.69) is 0 Å². The normalized spacial score (nSPS) is 15.4. The van der Waals surface area contributed by atoms with Crippen LogP contribution in [0.25, 0.3) is 0 Å². The van der Waals surface area contributed by atoms with Crippen LogP contribution >= 0.6 is 0 Å². The van der Waals surface area contributed by atoms with E-state index >= 15 is 0 Å². The van der Waals surface area contributed by atoms with E-state index in [1.54, 1.807) is 12.1 Å². The van der Waals surface area contributed by atoms with E-state index < -0.39 is 5.82 Å². The highest BCUT2D eigenvalue weighted by atomic mass is 19.1. The standard InChI is InChI=1S/C18H17FO2/c1-11-4-6-14(19)9-15(11)17(20)12-5-7-16-13(8-12)10-18(2,3)21-16/h4-9H,10H2,1-3H3. The second kappa shape index (κ2) is 4.69. The summed E-state index contributed by atoms with van der Waals surface area (Å²) in [6.45, 7) is 5.85. The lowest BCUT2D eigenvalue weighted by Crippen LogP contribution is -2.24. The zero-order chi connectivity index (χ0) is 15.2. The molecule has 0 radical (unpaired) electrons. The predicted molar refractivity (Wildman–Crippen MR) is 79.4 cm³/mol. The highest BCUT2D eigenvalue weighted by Gasteiger charge is 2.30. The van der Waals surface area contributed by atoms with E-state index in [1.165, 1.54) is 12.1 Å². The number of benzene rings is 2. The minimum absolute atomic E-state index is 0.153. The van der Waals surface area contributed by atoms with Gasteiger partial charge >= 0.3 is 0 Å². The van der Waals surface area contributed by atoms with Crippen molar-refractivity contribution < 1.29 is 13.9 Å². The van der Waals surface area contributed by atoms with E-state index in [0.29, 0.717) is 11.1 Å². The Morgan fingerprint density at radius 3 is 2.71 bits per heavy atom. The molecule has 1 heterocycles. The first-order chi connectivity index (χ1) is 9.85. The molecule has 21 heavy (non-hydrogen) atoms. The van der Waals surface area contributed by atoms with Crippen LogP contribution in [0.3, 0.4) is 0 Å². The van der Waals surface area contributed by atoms with Gasteiger partial charge in [0.15, 0.2) is 5.78 Å². The van der Waals surface area contributed by atoms with Crippen molar-refractivity contribution in [2.75, 3.05) is 0 Å². The number of carbonyl (C=O) groups is 1. The molecule has 0 atom stereocenters. The Balaban J connectivity index is 1.99. The van der Waals surface area contributed by atoms with Crippen LogP contribution in [-0.2, 0) is 6.42 Å². The molecule has 0 unspecified atom stereocenters. The quantitative estimate of drug-likeness (QED) is 0.777. The van der Waals surface area contributed by atoms with Crippen LogP contribution in [0.5, 0.6) is 5.75 Å². The highest BCUT2D eigenvalue weighted by Crippen LogP contribution is 2.35. The number of hydrogen-bond acceptors (Lipinski definition) is 2. The number of fused-ring (bicyclic) bond motifs is 1. The highest BCUT2D eigenvalue weighted by molar-refractivity contribution is 6.10. The van der Waals surface area contributed by atoms with E-state index in [9.17, 15) is 9.18 Å². The summed E-state index contributed by atoms with van der Waals surface area (Å²) in [5.41, 5.74) is 2.55. The van der Waals surface area contributed by atoms with Gasteiger partial charge in [-0.05, 0) is 62.2 Å². The Hall–Kier alpha value is -2.16. The summed E-state index contributed by atoms with van der Waals surface area (Å²) in [7, 11) is 0. The third kappa shape index (κ3) is 2.56. The first-order valence-corrected chi connectivity index (χ1v) is 6.98. The molecule has 2 aromatic rings. The Bertz CT molecular complexity index is 732. The molecule has 0 N–H and O–H groups in total. The molecule has 1 aliphatic rings. The SMILES string of the molecule is Cc1ccc(F)cc1C(=O)c1ccc2c(c1)CC(C)(C)O2. The third-order valence-corrected chi connectivity index (χ3v) is 3.77. The smallest absolute Gasteiger partial charge is 0.193 e. The van der Waals surface area contributed by atoms with Gasteiger partial charge in [0.1, 0.15) is 17.2 Å². The van der Waals surface area contributed by atoms with Crippen molar-refractivity contribution in [1.29, 1.82) is 0 Å². The predicted octanol–water partition coefficient (Wildman–Crippen LogP) is 4.08. The van der Waals surface area contributed by atoms with Crippen molar-refractivity contribution in [2.45, 2.75) is 32.8 Å². The van der Waals surface area contributed by atoms with Crippen molar-refractivity contribution in [1.82, 2.24) is 0 Å². The molecule has 0 saturated heterocycles. The number of rotatable bonds is 2. The number of ether oxygens (including phenoxy) is 1. The van der Waals surface area contributed by atoms with Crippen molar-refractivity contribution in [3.05, 3.63) is 64.5 Å². The molecule has 2 aromatic carbocycles. The summed E-state index contributed by atoms with van der Waals surface area (Å²) in [5, 5.41) is 0. The number of carbonyl (C=O) groups excluding carboxylic acids is 1. The second-order valence-electron chi connectivity index (χ2n) is 6.15. The average molecular weight is 284 g/mol. The number of aryl methyl sites for hydroxylation is 1. The molecule has 0 fully saturated rings. The van der Waals surface area contributed by atoms with Crippen LogP contribution in [0.4, 0.5) is 4.39 Å². The maximum Gasteiger partial charge on any atom is 0.193 e. The Labute approximate surface area is 123 Å². The van der Waals surface area contributed by atoms with E-state index in [1.807, 2.05) is 32.9 Å². The molecule has 108 valence electrons. The molecule has 0 aromatic heterocycles. The van der Waals surface area contributed by atoms with Gasteiger partial charge in [-0.3, -0.25) is 4.79 Å². The number of ketones is 1. The first-order valence-electron chi connectivity index (χ1n) is 6.98. The lowest BCUT2D eigenvalue weighted by molar-refractivity contribution is 0.103. The van der Waals surface area contributed by atoms with Gasteiger partial charge in [-0.25, -0.2) is 4.39 Å². The van der Waals surface area contributed by atoms with Crippen molar-refractivity contribution >= 4 is 5.78 Å². The minimum Gasteiger partial charge on any atom is -0.487 e. The molecule has 3 rings (SSSR count). The molecular weight excluding hydrogens is 267 g/mol. The summed E-state index contributed by atoms with van der Waals surface area (Å²) in [6, 6.07) is 9.72. The minimum atomic E-state index is -0.394. The van der Waals surface area contributed by atoms with Gasteiger partial charge in [0.25, 0.3) is 0 Å². The van der Waals surface area contributed by atoms with Crippen LogP contribution in [0.1, 0.15) is 40.9 Å². The average Bonchev–Trinajstić information content (AvgIpc) is 2.73. The topological polar surface area (TPSA) is 26.3 Å². The molecule has 0 aliphatic carbocycles. The maximum absolute atomic E-state index is 13.4. The van der Waals surface area contributed by atoms with Gasteiger partial charge < -0.3 is 4.74 Å². The summed E-state index contributed by atoms with van der Waals surface area (Å²) in [6.07, 6.45) is 0.769. The molecule has 0 bridgehead atoms. The second-order valence-corrected chi connectivity index (χ2v) is 6.15.